The summed E-state index contributed by atoms with van der Waals surface area (Å²) in [4.78, 5) is 24.8. The number of hydrogen-bond acceptors (Lipinski definition) is 6. The number of carbonyl (C=O) groups is 2. The fourth-order valence-corrected chi connectivity index (χ4v) is 5.84. The number of aryl methyl sites for hydroxylation is 2. The van der Waals surface area contributed by atoms with Crippen molar-refractivity contribution < 1.29 is 22.5 Å². The van der Waals surface area contributed by atoms with Crippen molar-refractivity contribution in [2.45, 2.75) is 51.0 Å². The predicted octanol–water partition coefficient (Wildman–Crippen LogP) is 2.36. The molecule has 1 aromatic carbocycles. The average Bonchev–Trinajstić information content (AvgIpc) is 3.57. The molecular formula is C22H28N4O5S. The molecule has 0 unspecified atom stereocenters. The smallest absolute Gasteiger partial charge is 0.248 e. The average molecular weight is 461 g/mol. The van der Waals surface area contributed by atoms with Gasteiger partial charge in [-0.15, -0.1) is 0 Å². The van der Waals surface area contributed by atoms with E-state index in [-0.39, 0.29) is 34.9 Å². The van der Waals surface area contributed by atoms with Crippen molar-refractivity contribution in [3.05, 3.63) is 41.3 Å². The molecule has 1 saturated carbocycles. The zero-order valence-corrected chi connectivity index (χ0v) is 19.1. The number of piperidine rings is 1. The number of nitrogens with zero attached hydrogens (tertiary/aromatic N) is 2. The maximum absolute atomic E-state index is 13.1. The molecule has 0 radical (unpaired) electrons. The van der Waals surface area contributed by atoms with Crippen molar-refractivity contribution in [2.75, 3.05) is 18.4 Å². The summed E-state index contributed by atoms with van der Waals surface area (Å²) in [5.74, 6) is -0.210. The number of rotatable bonds is 7. The zero-order valence-electron chi connectivity index (χ0n) is 18.3. The third-order valence-corrected chi connectivity index (χ3v) is 8.04. The Balaban J connectivity index is 1.36. The monoisotopic (exact) mass is 460 g/mol. The molecule has 1 aliphatic heterocycles. The Morgan fingerprint density at radius 2 is 1.94 bits per heavy atom. The summed E-state index contributed by atoms with van der Waals surface area (Å²) in [6.07, 6.45) is 3.10. The van der Waals surface area contributed by atoms with Crippen LogP contribution in [-0.4, -0.2) is 42.8 Å². The van der Waals surface area contributed by atoms with E-state index in [1.165, 1.54) is 4.31 Å². The van der Waals surface area contributed by atoms with Gasteiger partial charge in [-0.3, -0.25) is 9.59 Å². The van der Waals surface area contributed by atoms with Gasteiger partial charge in [-0.2, -0.15) is 4.31 Å². The Bertz CT molecular complexity index is 1100. The Morgan fingerprint density at radius 3 is 2.62 bits per heavy atom. The fourth-order valence-electron chi connectivity index (χ4n) is 4.03. The molecule has 2 aromatic rings. The second-order valence-electron chi connectivity index (χ2n) is 8.54. The Kier molecular flexibility index (Phi) is 6.34. The lowest BCUT2D eigenvalue weighted by Gasteiger charge is -2.31. The van der Waals surface area contributed by atoms with E-state index >= 15 is 0 Å². The SMILES string of the molecule is Cc1noc(C)c1S(=O)(=O)N1CCC[C@H](C(=O)NCc2cccc(NC(=O)C3CC3)c2)C1. The van der Waals surface area contributed by atoms with E-state index in [9.17, 15) is 18.0 Å². The molecule has 0 bridgehead atoms. The summed E-state index contributed by atoms with van der Waals surface area (Å²) < 4.78 is 32.5. The minimum Gasteiger partial charge on any atom is -0.360 e. The van der Waals surface area contributed by atoms with Gasteiger partial charge in [0.15, 0.2) is 5.76 Å². The van der Waals surface area contributed by atoms with Crippen molar-refractivity contribution in [3.63, 3.8) is 0 Å². The summed E-state index contributed by atoms with van der Waals surface area (Å²) in [5.41, 5.74) is 1.90. The number of aromatic nitrogens is 1. The highest BCUT2D eigenvalue weighted by atomic mass is 32.2. The topological polar surface area (TPSA) is 122 Å². The lowest BCUT2D eigenvalue weighted by molar-refractivity contribution is -0.126. The minimum atomic E-state index is -3.78. The highest BCUT2D eigenvalue weighted by molar-refractivity contribution is 7.89. The van der Waals surface area contributed by atoms with E-state index < -0.39 is 15.9 Å². The van der Waals surface area contributed by atoms with Crippen LogP contribution < -0.4 is 10.6 Å². The fraction of sp³-hybridized carbons (Fsp3) is 0.500. The minimum absolute atomic E-state index is 0.0352. The van der Waals surface area contributed by atoms with Crippen LogP contribution in [0.1, 0.15) is 42.7 Å². The molecule has 32 heavy (non-hydrogen) atoms. The van der Waals surface area contributed by atoms with E-state index in [4.69, 9.17) is 4.52 Å². The molecule has 0 spiro atoms. The van der Waals surface area contributed by atoms with E-state index in [0.29, 0.717) is 37.3 Å². The Morgan fingerprint density at radius 1 is 1.16 bits per heavy atom. The summed E-state index contributed by atoms with van der Waals surface area (Å²) in [6, 6.07) is 7.38. The zero-order chi connectivity index (χ0) is 22.9. The lowest BCUT2D eigenvalue weighted by Crippen LogP contribution is -2.45. The van der Waals surface area contributed by atoms with Gasteiger partial charge >= 0.3 is 0 Å². The van der Waals surface area contributed by atoms with Crippen LogP contribution in [0, 0.1) is 25.7 Å². The number of hydrogen-bond donors (Lipinski definition) is 2. The molecule has 1 aromatic heterocycles. The molecule has 9 nitrogen and oxygen atoms in total. The molecule has 2 heterocycles. The summed E-state index contributed by atoms with van der Waals surface area (Å²) in [6.45, 7) is 3.95. The van der Waals surface area contributed by atoms with Crippen LogP contribution >= 0.6 is 0 Å². The van der Waals surface area contributed by atoms with Gasteiger partial charge < -0.3 is 15.2 Å². The molecule has 10 heteroatoms. The van der Waals surface area contributed by atoms with Crippen LogP contribution in [0.25, 0.3) is 0 Å². The highest BCUT2D eigenvalue weighted by Crippen LogP contribution is 2.30. The lowest BCUT2D eigenvalue weighted by atomic mass is 9.98. The molecule has 2 N–H and O–H groups in total. The van der Waals surface area contributed by atoms with Crippen molar-refractivity contribution >= 4 is 27.5 Å². The van der Waals surface area contributed by atoms with Gasteiger partial charge in [-0.25, -0.2) is 8.42 Å². The number of anilines is 1. The number of amides is 2. The van der Waals surface area contributed by atoms with Crippen molar-refractivity contribution in [1.29, 1.82) is 0 Å². The second kappa shape index (κ2) is 9.03. The summed E-state index contributed by atoms with van der Waals surface area (Å²) in [5, 5.41) is 9.56. The van der Waals surface area contributed by atoms with Crippen LogP contribution in [0.15, 0.2) is 33.7 Å². The quantitative estimate of drug-likeness (QED) is 0.654. The maximum Gasteiger partial charge on any atom is 0.248 e. The maximum atomic E-state index is 13.1. The first kappa shape index (κ1) is 22.5. The normalized spacial score (nSPS) is 19.5. The third-order valence-electron chi connectivity index (χ3n) is 5.93. The van der Waals surface area contributed by atoms with Crippen LogP contribution in [-0.2, 0) is 26.2 Å². The molecule has 4 rings (SSSR count). The molecule has 2 amide bonds. The first-order valence-electron chi connectivity index (χ1n) is 10.9. The van der Waals surface area contributed by atoms with Crippen LogP contribution in [0.4, 0.5) is 5.69 Å². The van der Waals surface area contributed by atoms with Crippen LogP contribution in [0.5, 0.6) is 0 Å². The number of nitrogens with one attached hydrogen (secondary N) is 2. The van der Waals surface area contributed by atoms with Gasteiger partial charge in [0.1, 0.15) is 10.6 Å². The number of carbonyl (C=O) groups excluding carboxylic acids is 2. The van der Waals surface area contributed by atoms with E-state index in [1.54, 1.807) is 13.8 Å². The Hall–Kier alpha value is -2.72. The second-order valence-corrected chi connectivity index (χ2v) is 10.4. The van der Waals surface area contributed by atoms with Gasteiger partial charge in [0.2, 0.25) is 21.8 Å². The van der Waals surface area contributed by atoms with Gasteiger partial charge in [0.05, 0.1) is 5.92 Å². The molecule has 172 valence electrons. The van der Waals surface area contributed by atoms with Gasteiger partial charge in [0, 0.05) is 31.2 Å². The standard InChI is InChI=1S/C22H28N4O5S/c1-14-20(15(2)31-25-14)32(29,30)26-10-4-6-18(13-26)21(27)23-12-16-5-3-7-19(11-16)24-22(28)17-8-9-17/h3,5,7,11,17-18H,4,6,8-10,12-13H2,1-2H3,(H,23,27)(H,24,28)/t18-/m0/s1. The van der Waals surface area contributed by atoms with Crippen molar-refractivity contribution in [1.82, 2.24) is 14.8 Å². The van der Waals surface area contributed by atoms with Crippen molar-refractivity contribution in [2.24, 2.45) is 11.8 Å². The predicted molar refractivity (Wildman–Crippen MR) is 117 cm³/mol. The third kappa shape index (κ3) is 4.86. The first-order valence-corrected chi connectivity index (χ1v) is 12.3. The molecule has 1 atom stereocenters. The van der Waals surface area contributed by atoms with E-state index in [2.05, 4.69) is 15.8 Å². The first-order chi connectivity index (χ1) is 15.3. The largest absolute Gasteiger partial charge is 0.360 e. The Labute approximate surface area is 187 Å². The summed E-state index contributed by atoms with van der Waals surface area (Å²) >= 11 is 0. The molecule has 2 aliphatic rings. The van der Waals surface area contributed by atoms with Crippen molar-refractivity contribution in [3.8, 4) is 0 Å². The van der Waals surface area contributed by atoms with Crippen LogP contribution in [0.3, 0.4) is 0 Å². The molecular weight excluding hydrogens is 432 g/mol. The number of sulfonamides is 1. The molecule has 1 saturated heterocycles. The van der Waals surface area contributed by atoms with Crippen LogP contribution in [0.2, 0.25) is 0 Å². The number of benzene rings is 1. The molecule has 1 aliphatic carbocycles. The van der Waals surface area contributed by atoms with Gasteiger partial charge in [0.25, 0.3) is 0 Å². The van der Waals surface area contributed by atoms with E-state index in [1.807, 2.05) is 24.3 Å². The molecule has 2 fully saturated rings. The van der Waals surface area contributed by atoms with Gasteiger partial charge in [-0.1, -0.05) is 17.3 Å². The van der Waals surface area contributed by atoms with Gasteiger partial charge in [-0.05, 0) is 57.2 Å². The summed E-state index contributed by atoms with van der Waals surface area (Å²) in [7, 11) is -3.78. The van der Waals surface area contributed by atoms with E-state index in [0.717, 1.165) is 18.4 Å². The highest BCUT2D eigenvalue weighted by Gasteiger charge is 2.36.